The fourth-order valence-corrected chi connectivity index (χ4v) is 2.47. The van der Waals surface area contributed by atoms with Gasteiger partial charge in [0, 0.05) is 18.6 Å². The Morgan fingerprint density at radius 2 is 1.68 bits per heavy atom. The molecular formula is C18H31N3O. The Hall–Kier alpha value is -1.39. The first-order valence-corrected chi connectivity index (χ1v) is 8.20. The van der Waals surface area contributed by atoms with Crippen molar-refractivity contribution in [2.45, 2.75) is 46.2 Å². The van der Waals surface area contributed by atoms with Crippen LogP contribution in [0.4, 0.5) is 0 Å². The zero-order valence-electron chi connectivity index (χ0n) is 14.6. The number of rotatable bonds is 8. The Morgan fingerprint density at radius 1 is 1.09 bits per heavy atom. The minimum atomic E-state index is -0.217. The quantitative estimate of drug-likeness (QED) is 0.726. The van der Waals surface area contributed by atoms with Gasteiger partial charge in [0.2, 0.25) is 5.91 Å². The van der Waals surface area contributed by atoms with Gasteiger partial charge in [-0.05, 0) is 39.4 Å². The molecule has 0 aliphatic rings. The second-order valence-corrected chi connectivity index (χ2v) is 6.50. The van der Waals surface area contributed by atoms with Crippen molar-refractivity contribution in [3.8, 4) is 0 Å². The molecule has 2 N–H and O–H groups in total. The van der Waals surface area contributed by atoms with Gasteiger partial charge in [-0.2, -0.15) is 0 Å². The number of hydrogen-bond acceptors (Lipinski definition) is 3. The predicted octanol–water partition coefficient (Wildman–Crippen LogP) is 2.57. The number of carbonyl (C=O) groups is 1. The maximum atomic E-state index is 12.6. The van der Waals surface area contributed by atoms with Gasteiger partial charge in [0.05, 0.1) is 0 Å². The lowest BCUT2D eigenvalue weighted by Crippen LogP contribution is -2.45. The summed E-state index contributed by atoms with van der Waals surface area (Å²) in [6, 6.07) is 9.78. The maximum Gasteiger partial charge on any atom is 0.242 e. The number of amides is 1. The summed E-state index contributed by atoms with van der Waals surface area (Å²) in [6.45, 7) is 13.7. The topological polar surface area (TPSA) is 44.4 Å². The summed E-state index contributed by atoms with van der Waals surface area (Å²) < 4.78 is 0. The van der Waals surface area contributed by atoms with Crippen molar-refractivity contribution in [3.05, 3.63) is 35.9 Å². The van der Waals surface area contributed by atoms with E-state index in [0.717, 1.165) is 25.2 Å². The molecule has 0 saturated heterocycles. The summed E-state index contributed by atoms with van der Waals surface area (Å²) in [5.41, 5.74) is 1.12. The Balaban J connectivity index is 2.69. The molecule has 124 valence electrons. The van der Waals surface area contributed by atoms with Crippen LogP contribution in [-0.4, -0.2) is 42.5 Å². The van der Waals surface area contributed by atoms with Crippen molar-refractivity contribution in [2.75, 3.05) is 26.2 Å². The normalized spacial score (nSPS) is 13.2. The van der Waals surface area contributed by atoms with Gasteiger partial charge in [-0.1, -0.05) is 44.2 Å². The predicted molar refractivity (Wildman–Crippen MR) is 92.9 cm³/mol. The van der Waals surface area contributed by atoms with Crippen molar-refractivity contribution in [1.82, 2.24) is 15.5 Å². The Bertz CT molecular complexity index is 435. The van der Waals surface area contributed by atoms with Gasteiger partial charge in [-0.15, -0.1) is 0 Å². The van der Waals surface area contributed by atoms with E-state index in [2.05, 4.69) is 50.2 Å². The highest BCUT2D eigenvalue weighted by molar-refractivity contribution is 5.83. The molecule has 0 bridgehead atoms. The lowest BCUT2D eigenvalue weighted by molar-refractivity contribution is -0.126. The van der Waals surface area contributed by atoms with Gasteiger partial charge in [-0.25, -0.2) is 0 Å². The summed E-state index contributed by atoms with van der Waals surface area (Å²) >= 11 is 0. The maximum absolute atomic E-state index is 12.6. The van der Waals surface area contributed by atoms with E-state index in [9.17, 15) is 4.79 Å². The fourth-order valence-electron chi connectivity index (χ4n) is 2.47. The molecule has 4 nitrogen and oxygen atoms in total. The van der Waals surface area contributed by atoms with Crippen LogP contribution in [-0.2, 0) is 4.79 Å². The Morgan fingerprint density at radius 3 is 2.18 bits per heavy atom. The summed E-state index contributed by atoms with van der Waals surface area (Å²) in [5, 5.41) is 6.44. The third-order valence-corrected chi connectivity index (χ3v) is 3.62. The van der Waals surface area contributed by atoms with Crippen molar-refractivity contribution < 1.29 is 4.79 Å². The SMILES string of the molecule is CCN(CC)C(C(=O)NCCNC(C)(C)C)c1ccccc1. The van der Waals surface area contributed by atoms with E-state index in [1.807, 2.05) is 30.3 Å². The molecule has 0 saturated carbocycles. The van der Waals surface area contributed by atoms with Crippen LogP contribution in [0, 0.1) is 0 Å². The largest absolute Gasteiger partial charge is 0.353 e. The standard InChI is InChI=1S/C18H31N3O/c1-6-21(7-2)16(15-11-9-8-10-12-15)17(22)19-13-14-20-18(3,4)5/h8-12,16,20H,6-7,13-14H2,1-5H3,(H,19,22). The van der Waals surface area contributed by atoms with Crippen molar-refractivity contribution in [1.29, 1.82) is 0 Å². The van der Waals surface area contributed by atoms with Crippen molar-refractivity contribution in [2.24, 2.45) is 0 Å². The molecule has 0 fully saturated rings. The first kappa shape index (κ1) is 18.7. The molecule has 0 radical (unpaired) electrons. The van der Waals surface area contributed by atoms with Gasteiger partial charge in [0.15, 0.2) is 0 Å². The highest BCUT2D eigenvalue weighted by Crippen LogP contribution is 2.20. The van der Waals surface area contributed by atoms with Crippen LogP contribution in [0.5, 0.6) is 0 Å². The van der Waals surface area contributed by atoms with Gasteiger partial charge < -0.3 is 10.6 Å². The molecule has 1 rings (SSSR count). The minimum absolute atomic E-state index is 0.0719. The third kappa shape index (κ3) is 6.16. The van der Waals surface area contributed by atoms with Crippen LogP contribution in [0.1, 0.15) is 46.2 Å². The van der Waals surface area contributed by atoms with Crippen LogP contribution < -0.4 is 10.6 Å². The van der Waals surface area contributed by atoms with Gasteiger partial charge in [0.1, 0.15) is 6.04 Å². The number of carbonyl (C=O) groups excluding carboxylic acids is 1. The molecule has 1 atom stereocenters. The highest BCUT2D eigenvalue weighted by Gasteiger charge is 2.25. The Labute approximate surface area is 135 Å². The van der Waals surface area contributed by atoms with E-state index in [-0.39, 0.29) is 17.5 Å². The second kappa shape index (κ2) is 8.91. The molecule has 22 heavy (non-hydrogen) atoms. The Kier molecular flexibility index (Phi) is 7.56. The molecule has 0 aromatic heterocycles. The van der Waals surface area contributed by atoms with Crippen molar-refractivity contribution >= 4 is 5.91 Å². The lowest BCUT2D eigenvalue weighted by Gasteiger charge is -2.29. The van der Waals surface area contributed by atoms with E-state index < -0.39 is 0 Å². The van der Waals surface area contributed by atoms with Crippen molar-refractivity contribution in [3.63, 3.8) is 0 Å². The first-order chi connectivity index (χ1) is 10.4. The zero-order valence-corrected chi connectivity index (χ0v) is 14.6. The summed E-state index contributed by atoms with van der Waals surface area (Å²) in [7, 11) is 0. The minimum Gasteiger partial charge on any atom is -0.353 e. The average Bonchev–Trinajstić information content (AvgIpc) is 2.48. The fraction of sp³-hybridized carbons (Fsp3) is 0.611. The van der Waals surface area contributed by atoms with Crippen LogP contribution >= 0.6 is 0 Å². The molecule has 1 unspecified atom stereocenters. The number of hydrogen-bond donors (Lipinski definition) is 2. The molecule has 1 aromatic rings. The van der Waals surface area contributed by atoms with E-state index >= 15 is 0 Å². The third-order valence-electron chi connectivity index (χ3n) is 3.62. The summed E-state index contributed by atoms with van der Waals surface area (Å²) in [5.74, 6) is 0.0746. The lowest BCUT2D eigenvalue weighted by atomic mass is 10.0. The number of likely N-dealkylation sites (N-methyl/N-ethyl adjacent to an activating group) is 1. The second-order valence-electron chi connectivity index (χ2n) is 6.50. The van der Waals surface area contributed by atoms with Crippen LogP contribution in [0.3, 0.4) is 0 Å². The average molecular weight is 305 g/mol. The van der Waals surface area contributed by atoms with Gasteiger partial charge in [-0.3, -0.25) is 9.69 Å². The van der Waals surface area contributed by atoms with E-state index in [4.69, 9.17) is 0 Å². The molecule has 1 amide bonds. The molecule has 1 aromatic carbocycles. The number of benzene rings is 1. The molecule has 0 aliphatic carbocycles. The van der Waals surface area contributed by atoms with E-state index in [0.29, 0.717) is 6.54 Å². The molecule has 0 aliphatic heterocycles. The number of nitrogens with one attached hydrogen (secondary N) is 2. The molecule has 4 heteroatoms. The zero-order chi connectivity index (χ0) is 16.6. The number of nitrogens with zero attached hydrogens (tertiary/aromatic N) is 1. The summed E-state index contributed by atoms with van der Waals surface area (Å²) in [6.07, 6.45) is 0. The first-order valence-electron chi connectivity index (χ1n) is 8.20. The van der Waals surface area contributed by atoms with Crippen LogP contribution in [0.15, 0.2) is 30.3 Å². The van der Waals surface area contributed by atoms with Gasteiger partial charge >= 0.3 is 0 Å². The van der Waals surface area contributed by atoms with Crippen LogP contribution in [0.25, 0.3) is 0 Å². The van der Waals surface area contributed by atoms with E-state index in [1.54, 1.807) is 0 Å². The molecule has 0 spiro atoms. The monoisotopic (exact) mass is 305 g/mol. The van der Waals surface area contributed by atoms with Crippen LogP contribution in [0.2, 0.25) is 0 Å². The summed E-state index contributed by atoms with van der Waals surface area (Å²) in [4.78, 5) is 14.8. The van der Waals surface area contributed by atoms with Gasteiger partial charge in [0.25, 0.3) is 0 Å². The smallest absolute Gasteiger partial charge is 0.242 e. The highest BCUT2D eigenvalue weighted by atomic mass is 16.2. The molecule has 0 heterocycles. The molecular weight excluding hydrogens is 274 g/mol. The van der Waals surface area contributed by atoms with E-state index in [1.165, 1.54) is 0 Å².